The Balaban J connectivity index is 2.41. The van der Waals surface area contributed by atoms with Crippen molar-refractivity contribution in [3.8, 4) is 0 Å². The van der Waals surface area contributed by atoms with Crippen LogP contribution < -0.4 is 10.6 Å². The van der Waals surface area contributed by atoms with Gasteiger partial charge in [-0.3, -0.25) is 9.59 Å². The molecule has 0 saturated carbocycles. The number of fused-ring (bicyclic) bond motifs is 1. The smallest absolute Gasteiger partial charge is 0.224 e. The molecular weight excluding hydrogens is 192 g/mol. The Kier molecular flexibility index (Phi) is 2.41. The summed E-state index contributed by atoms with van der Waals surface area (Å²) in [6, 6.07) is 5.54. The van der Waals surface area contributed by atoms with Crippen LogP contribution >= 0.6 is 0 Å². The number of amides is 2. The molecule has 2 amide bonds. The van der Waals surface area contributed by atoms with Crippen molar-refractivity contribution in [3.05, 3.63) is 23.8 Å². The van der Waals surface area contributed by atoms with Crippen LogP contribution in [-0.4, -0.2) is 11.8 Å². The van der Waals surface area contributed by atoms with E-state index in [0.29, 0.717) is 11.4 Å². The average molecular weight is 204 g/mol. The maximum atomic E-state index is 11.4. The maximum Gasteiger partial charge on any atom is 0.224 e. The predicted octanol–water partition coefficient (Wildman–Crippen LogP) is 1.67. The first kappa shape index (κ1) is 9.71. The molecule has 2 rings (SSSR count). The molecule has 4 heteroatoms. The molecule has 0 fully saturated rings. The summed E-state index contributed by atoms with van der Waals surface area (Å²) in [5.41, 5.74) is 2.38. The van der Waals surface area contributed by atoms with Gasteiger partial charge in [0.05, 0.1) is 11.4 Å². The maximum absolute atomic E-state index is 11.4. The first-order valence-corrected chi connectivity index (χ1v) is 4.85. The highest BCUT2D eigenvalue weighted by atomic mass is 16.2. The zero-order valence-electron chi connectivity index (χ0n) is 8.46. The van der Waals surface area contributed by atoms with E-state index >= 15 is 0 Å². The molecular formula is C11H12N2O2. The van der Waals surface area contributed by atoms with Gasteiger partial charge in [0, 0.05) is 12.8 Å². The standard InChI is InChI=1S/C11H12N2O2/c1-7-2-3-8-9(6-7)13-11(15)5-4-10(14)12-8/h2-3,6H,4-5H2,1H3,(H,12,14)(H,13,15). The second kappa shape index (κ2) is 3.73. The molecule has 0 radical (unpaired) electrons. The molecule has 0 unspecified atom stereocenters. The van der Waals surface area contributed by atoms with Crippen LogP contribution in [0.15, 0.2) is 18.2 Å². The Bertz CT molecular complexity index is 427. The summed E-state index contributed by atoms with van der Waals surface area (Å²) in [5, 5.41) is 5.53. The van der Waals surface area contributed by atoms with Gasteiger partial charge in [-0.15, -0.1) is 0 Å². The highest BCUT2D eigenvalue weighted by molar-refractivity contribution is 6.03. The summed E-state index contributed by atoms with van der Waals surface area (Å²) in [6.07, 6.45) is 0.471. The third-order valence-corrected chi connectivity index (χ3v) is 2.30. The number of carbonyl (C=O) groups is 2. The third kappa shape index (κ3) is 2.15. The Morgan fingerprint density at radius 2 is 1.60 bits per heavy atom. The summed E-state index contributed by atoms with van der Waals surface area (Å²) >= 11 is 0. The normalized spacial score (nSPS) is 15.8. The number of hydrogen-bond donors (Lipinski definition) is 2. The van der Waals surface area contributed by atoms with Crippen molar-refractivity contribution >= 4 is 23.2 Å². The van der Waals surface area contributed by atoms with Gasteiger partial charge in [-0.2, -0.15) is 0 Å². The summed E-state index contributed by atoms with van der Waals surface area (Å²) in [4.78, 5) is 22.7. The molecule has 0 aromatic heterocycles. The number of anilines is 2. The van der Waals surface area contributed by atoms with Crippen LogP contribution in [0.25, 0.3) is 0 Å². The Morgan fingerprint density at radius 1 is 1.00 bits per heavy atom. The molecule has 0 atom stereocenters. The molecule has 0 saturated heterocycles. The molecule has 1 aromatic carbocycles. The molecule has 2 N–H and O–H groups in total. The highest BCUT2D eigenvalue weighted by Gasteiger charge is 2.15. The van der Waals surface area contributed by atoms with Crippen LogP contribution in [0.2, 0.25) is 0 Å². The van der Waals surface area contributed by atoms with E-state index in [1.54, 1.807) is 6.07 Å². The Morgan fingerprint density at radius 3 is 2.27 bits per heavy atom. The summed E-state index contributed by atoms with van der Waals surface area (Å²) in [5.74, 6) is -0.230. The predicted molar refractivity (Wildman–Crippen MR) is 57.7 cm³/mol. The number of rotatable bonds is 0. The minimum Gasteiger partial charge on any atom is -0.324 e. The molecule has 1 aromatic rings. The summed E-state index contributed by atoms with van der Waals surface area (Å²) in [7, 11) is 0. The summed E-state index contributed by atoms with van der Waals surface area (Å²) in [6.45, 7) is 1.94. The lowest BCUT2D eigenvalue weighted by Crippen LogP contribution is -2.22. The van der Waals surface area contributed by atoms with Gasteiger partial charge in [-0.05, 0) is 24.6 Å². The number of hydrogen-bond acceptors (Lipinski definition) is 2. The molecule has 4 nitrogen and oxygen atoms in total. The van der Waals surface area contributed by atoms with Gasteiger partial charge in [0.15, 0.2) is 0 Å². The minimum absolute atomic E-state index is 0.114. The van der Waals surface area contributed by atoms with Crippen molar-refractivity contribution in [2.75, 3.05) is 10.6 Å². The lowest BCUT2D eigenvalue weighted by Gasteiger charge is -2.16. The van der Waals surface area contributed by atoms with Gasteiger partial charge < -0.3 is 10.6 Å². The molecule has 0 spiro atoms. The molecule has 15 heavy (non-hydrogen) atoms. The van der Waals surface area contributed by atoms with E-state index in [1.165, 1.54) is 0 Å². The second-order valence-electron chi connectivity index (χ2n) is 3.65. The third-order valence-electron chi connectivity index (χ3n) is 2.30. The number of carbonyl (C=O) groups excluding carboxylic acids is 2. The fourth-order valence-corrected chi connectivity index (χ4v) is 1.52. The van der Waals surface area contributed by atoms with E-state index in [4.69, 9.17) is 0 Å². The van der Waals surface area contributed by atoms with Crippen molar-refractivity contribution in [1.82, 2.24) is 0 Å². The first-order valence-electron chi connectivity index (χ1n) is 4.85. The Hall–Kier alpha value is -1.84. The summed E-state index contributed by atoms with van der Waals surface area (Å²) < 4.78 is 0. The molecule has 1 heterocycles. The number of aryl methyl sites for hydroxylation is 1. The van der Waals surface area contributed by atoms with Crippen LogP contribution in [0, 0.1) is 6.92 Å². The van der Waals surface area contributed by atoms with Crippen LogP contribution in [0.3, 0.4) is 0 Å². The van der Waals surface area contributed by atoms with Gasteiger partial charge in [-0.1, -0.05) is 6.07 Å². The number of nitrogens with one attached hydrogen (secondary N) is 2. The first-order chi connectivity index (χ1) is 7.15. The fourth-order valence-electron chi connectivity index (χ4n) is 1.52. The van der Waals surface area contributed by atoms with E-state index in [-0.39, 0.29) is 24.7 Å². The van der Waals surface area contributed by atoms with Crippen molar-refractivity contribution in [2.45, 2.75) is 19.8 Å². The molecule has 1 aliphatic heterocycles. The van der Waals surface area contributed by atoms with Crippen molar-refractivity contribution < 1.29 is 9.59 Å². The fraction of sp³-hybridized carbons (Fsp3) is 0.273. The molecule has 78 valence electrons. The van der Waals surface area contributed by atoms with Crippen LogP contribution in [0.4, 0.5) is 11.4 Å². The lowest BCUT2D eigenvalue weighted by atomic mass is 10.1. The average Bonchev–Trinajstić information content (AvgIpc) is 2.17. The van der Waals surface area contributed by atoms with Crippen LogP contribution in [0.5, 0.6) is 0 Å². The van der Waals surface area contributed by atoms with Gasteiger partial charge in [-0.25, -0.2) is 0 Å². The van der Waals surface area contributed by atoms with E-state index < -0.39 is 0 Å². The van der Waals surface area contributed by atoms with Crippen LogP contribution in [0.1, 0.15) is 18.4 Å². The zero-order valence-corrected chi connectivity index (χ0v) is 8.46. The van der Waals surface area contributed by atoms with Gasteiger partial charge in [0.25, 0.3) is 0 Å². The van der Waals surface area contributed by atoms with Crippen molar-refractivity contribution in [1.29, 1.82) is 0 Å². The van der Waals surface area contributed by atoms with Crippen LogP contribution in [-0.2, 0) is 9.59 Å². The van der Waals surface area contributed by atoms with Gasteiger partial charge in [0.1, 0.15) is 0 Å². The quantitative estimate of drug-likeness (QED) is 0.675. The van der Waals surface area contributed by atoms with Crippen molar-refractivity contribution in [3.63, 3.8) is 0 Å². The lowest BCUT2D eigenvalue weighted by molar-refractivity contribution is -0.121. The van der Waals surface area contributed by atoms with E-state index in [2.05, 4.69) is 10.6 Å². The van der Waals surface area contributed by atoms with Crippen molar-refractivity contribution in [2.24, 2.45) is 0 Å². The van der Waals surface area contributed by atoms with Gasteiger partial charge in [0.2, 0.25) is 11.8 Å². The highest BCUT2D eigenvalue weighted by Crippen LogP contribution is 2.25. The van der Waals surface area contributed by atoms with E-state index in [9.17, 15) is 9.59 Å². The molecule has 0 bridgehead atoms. The minimum atomic E-state index is -0.116. The topological polar surface area (TPSA) is 58.2 Å². The SMILES string of the molecule is Cc1ccc2c(c1)NC(=O)CCC(=O)N2. The van der Waals surface area contributed by atoms with Gasteiger partial charge >= 0.3 is 0 Å². The van der Waals surface area contributed by atoms with E-state index in [0.717, 1.165) is 5.56 Å². The molecule has 0 aliphatic carbocycles. The Labute approximate surface area is 87.7 Å². The monoisotopic (exact) mass is 204 g/mol. The largest absolute Gasteiger partial charge is 0.324 e. The second-order valence-corrected chi connectivity index (χ2v) is 3.65. The molecule has 1 aliphatic rings. The zero-order chi connectivity index (χ0) is 10.8. The number of benzene rings is 1. The van der Waals surface area contributed by atoms with E-state index in [1.807, 2.05) is 19.1 Å².